The van der Waals surface area contributed by atoms with E-state index in [0.29, 0.717) is 0 Å². The summed E-state index contributed by atoms with van der Waals surface area (Å²) in [6.07, 6.45) is 0. The normalized spacial score (nSPS) is 10.0. The van der Waals surface area contributed by atoms with Crippen LogP contribution in [0.3, 0.4) is 0 Å². The van der Waals surface area contributed by atoms with Crippen molar-refractivity contribution in [2.75, 3.05) is 12.1 Å². The van der Waals surface area contributed by atoms with Crippen LogP contribution in [-0.2, 0) is 0 Å². The maximum Gasteiger partial charge on any atom is 0.0592 e. The highest BCUT2D eigenvalue weighted by Gasteiger charge is 2.04. The first kappa shape index (κ1) is 9.74. The molecule has 0 unspecified atom stereocenters. The van der Waals surface area contributed by atoms with Crippen LogP contribution in [0.2, 0.25) is 0 Å². The van der Waals surface area contributed by atoms with Gasteiger partial charge in [0.25, 0.3) is 0 Å². The van der Waals surface area contributed by atoms with Gasteiger partial charge in [0, 0.05) is 12.6 Å². The summed E-state index contributed by atoms with van der Waals surface area (Å²) in [6, 6.07) is 18.4. The van der Waals surface area contributed by atoms with Gasteiger partial charge < -0.3 is 5.01 Å². The molecule has 0 aliphatic carbocycles. The lowest BCUT2D eigenvalue weighted by Crippen LogP contribution is -2.25. The van der Waals surface area contributed by atoms with Gasteiger partial charge in [0.2, 0.25) is 0 Å². The average Bonchev–Trinajstić information content (AvgIpc) is 2.30. The van der Waals surface area contributed by atoms with Crippen LogP contribution in [-0.4, -0.2) is 7.05 Å². The van der Waals surface area contributed by atoms with E-state index in [4.69, 9.17) is 5.84 Å². The molecule has 2 aromatic carbocycles. The predicted octanol–water partition coefficient (Wildman–Crippen LogP) is 2.66. The SMILES string of the molecule is CN(N)c1ccccc1-c1ccccc1. The average molecular weight is 198 g/mol. The molecule has 0 aliphatic rings. The van der Waals surface area contributed by atoms with Gasteiger partial charge in [-0.25, -0.2) is 5.84 Å². The number of nitrogens with two attached hydrogens (primary N) is 1. The Labute approximate surface area is 89.9 Å². The van der Waals surface area contributed by atoms with Crippen LogP contribution < -0.4 is 10.9 Å². The third-order valence-corrected chi connectivity index (χ3v) is 2.37. The minimum absolute atomic E-state index is 1.03. The van der Waals surface area contributed by atoms with Gasteiger partial charge in [-0.1, -0.05) is 48.5 Å². The van der Waals surface area contributed by atoms with Crippen LogP contribution in [0.4, 0.5) is 5.69 Å². The Morgan fingerprint density at radius 1 is 0.867 bits per heavy atom. The molecule has 76 valence electrons. The van der Waals surface area contributed by atoms with E-state index in [1.165, 1.54) is 5.56 Å². The zero-order chi connectivity index (χ0) is 10.7. The first-order chi connectivity index (χ1) is 7.29. The maximum absolute atomic E-state index is 5.79. The molecule has 2 N–H and O–H groups in total. The molecule has 2 aromatic rings. The summed E-state index contributed by atoms with van der Waals surface area (Å²) in [6.45, 7) is 0. The van der Waals surface area contributed by atoms with Crippen molar-refractivity contribution in [3.8, 4) is 11.1 Å². The fourth-order valence-electron chi connectivity index (χ4n) is 1.64. The molecule has 0 aromatic heterocycles. The molecule has 15 heavy (non-hydrogen) atoms. The second-order valence-corrected chi connectivity index (χ2v) is 3.49. The van der Waals surface area contributed by atoms with Crippen molar-refractivity contribution in [1.29, 1.82) is 0 Å². The van der Waals surface area contributed by atoms with E-state index in [2.05, 4.69) is 18.2 Å². The fourth-order valence-corrected chi connectivity index (χ4v) is 1.64. The van der Waals surface area contributed by atoms with E-state index in [0.717, 1.165) is 11.3 Å². The number of hydrogen-bond acceptors (Lipinski definition) is 2. The van der Waals surface area contributed by atoms with Gasteiger partial charge in [0.05, 0.1) is 5.69 Å². The van der Waals surface area contributed by atoms with Crippen LogP contribution in [0.5, 0.6) is 0 Å². The smallest absolute Gasteiger partial charge is 0.0592 e. The van der Waals surface area contributed by atoms with E-state index in [1.807, 2.05) is 43.4 Å². The van der Waals surface area contributed by atoms with E-state index in [1.54, 1.807) is 5.01 Å². The lowest BCUT2D eigenvalue weighted by molar-refractivity contribution is 1.02. The van der Waals surface area contributed by atoms with Crippen molar-refractivity contribution >= 4 is 5.69 Å². The van der Waals surface area contributed by atoms with Gasteiger partial charge in [-0.15, -0.1) is 0 Å². The molecule has 0 heterocycles. The third-order valence-electron chi connectivity index (χ3n) is 2.37. The summed E-state index contributed by atoms with van der Waals surface area (Å²) < 4.78 is 0. The highest BCUT2D eigenvalue weighted by atomic mass is 15.4. The summed E-state index contributed by atoms with van der Waals surface area (Å²) in [5.41, 5.74) is 3.37. The minimum Gasteiger partial charge on any atom is -0.314 e. The molecule has 0 saturated carbocycles. The first-order valence-electron chi connectivity index (χ1n) is 4.92. The Morgan fingerprint density at radius 3 is 2.13 bits per heavy atom. The number of rotatable bonds is 2. The van der Waals surface area contributed by atoms with E-state index in [9.17, 15) is 0 Å². The Hall–Kier alpha value is -1.80. The summed E-state index contributed by atoms with van der Waals surface area (Å²) in [7, 11) is 1.85. The highest BCUT2D eigenvalue weighted by Crippen LogP contribution is 2.28. The number of benzene rings is 2. The lowest BCUT2D eigenvalue weighted by Gasteiger charge is -2.16. The van der Waals surface area contributed by atoms with Crippen LogP contribution in [0.25, 0.3) is 11.1 Å². The predicted molar refractivity (Wildman–Crippen MR) is 64.5 cm³/mol. The summed E-state index contributed by atoms with van der Waals surface area (Å²) in [5, 5.41) is 1.64. The Kier molecular flexibility index (Phi) is 2.70. The quantitative estimate of drug-likeness (QED) is 0.593. The number of hydrogen-bond donors (Lipinski definition) is 1. The third kappa shape index (κ3) is 2.00. The molecule has 0 fully saturated rings. The molecule has 2 nitrogen and oxygen atoms in total. The van der Waals surface area contributed by atoms with Crippen molar-refractivity contribution < 1.29 is 0 Å². The summed E-state index contributed by atoms with van der Waals surface area (Å²) in [5.74, 6) is 5.79. The van der Waals surface area contributed by atoms with Crippen molar-refractivity contribution in [2.45, 2.75) is 0 Å². The van der Waals surface area contributed by atoms with Gasteiger partial charge in [-0.05, 0) is 11.6 Å². The zero-order valence-corrected chi connectivity index (χ0v) is 8.72. The number of hydrazine groups is 1. The molecule has 0 radical (unpaired) electrons. The van der Waals surface area contributed by atoms with Gasteiger partial charge in [-0.3, -0.25) is 0 Å². The molecular formula is C13H14N2. The van der Waals surface area contributed by atoms with Crippen molar-refractivity contribution in [1.82, 2.24) is 0 Å². The minimum atomic E-state index is 1.03. The second-order valence-electron chi connectivity index (χ2n) is 3.49. The van der Waals surface area contributed by atoms with E-state index >= 15 is 0 Å². The molecular weight excluding hydrogens is 184 g/mol. The van der Waals surface area contributed by atoms with E-state index < -0.39 is 0 Å². The summed E-state index contributed by atoms with van der Waals surface area (Å²) in [4.78, 5) is 0. The Bertz CT molecular complexity index is 435. The van der Waals surface area contributed by atoms with Crippen molar-refractivity contribution in [3.05, 3.63) is 54.6 Å². The second kappa shape index (κ2) is 4.15. The Balaban J connectivity index is 2.53. The molecule has 0 amide bonds. The van der Waals surface area contributed by atoms with Gasteiger partial charge in [0.1, 0.15) is 0 Å². The largest absolute Gasteiger partial charge is 0.314 e. The van der Waals surface area contributed by atoms with Crippen molar-refractivity contribution in [2.24, 2.45) is 5.84 Å². The molecule has 0 saturated heterocycles. The molecule has 0 atom stereocenters. The number of anilines is 1. The van der Waals surface area contributed by atoms with Gasteiger partial charge >= 0.3 is 0 Å². The highest BCUT2D eigenvalue weighted by molar-refractivity contribution is 5.77. The lowest BCUT2D eigenvalue weighted by atomic mass is 10.0. The van der Waals surface area contributed by atoms with Gasteiger partial charge in [0.15, 0.2) is 0 Å². The molecule has 0 aliphatic heterocycles. The van der Waals surface area contributed by atoms with Crippen LogP contribution >= 0.6 is 0 Å². The topological polar surface area (TPSA) is 29.3 Å². The molecule has 0 bridgehead atoms. The Morgan fingerprint density at radius 2 is 1.47 bits per heavy atom. The number of para-hydroxylation sites is 1. The standard InChI is InChI=1S/C13H14N2/c1-15(14)13-10-6-5-9-12(13)11-7-3-2-4-8-11/h2-10H,14H2,1H3. The van der Waals surface area contributed by atoms with Crippen LogP contribution in [0.1, 0.15) is 0 Å². The van der Waals surface area contributed by atoms with Gasteiger partial charge in [-0.2, -0.15) is 0 Å². The maximum atomic E-state index is 5.79. The number of nitrogens with zero attached hydrogens (tertiary/aromatic N) is 1. The van der Waals surface area contributed by atoms with E-state index in [-0.39, 0.29) is 0 Å². The van der Waals surface area contributed by atoms with Crippen LogP contribution in [0.15, 0.2) is 54.6 Å². The fraction of sp³-hybridized carbons (Fsp3) is 0.0769. The zero-order valence-electron chi connectivity index (χ0n) is 8.72. The molecule has 0 spiro atoms. The first-order valence-corrected chi connectivity index (χ1v) is 4.92. The van der Waals surface area contributed by atoms with Crippen molar-refractivity contribution in [3.63, 3.8) is 0 Å². The molecule has 2 rings (SSSR count). The molecule has 2 heteroatoms. The monoisotopic (exact) mass is 198 g/mol. The summed E-state index contributed by atoms with van der Waals surface area (Å²) >= 11 is 0. The van der Waals surface area contributed by atoms with Crippen LogP contribution in [0, 0.1) is 0 Å².